The van der Waals surface area contributed by atoms with Crippen molar-refractivity contribution in [2.45, 2.75) is 39.2 Å². The van der Waals surface area contributed by atoms with Crippen molar-refractivity contribution in [1.82, 2.24) is 15.0 Å². The molecule has 0 unspecified atom stereocenters. The highest BCUT2D eigenvalue weighted by Gasteiger charge is 2.19. The minimum atomic E-state index is -1.09. The van der Waals surface area contributed by atoms with E-state index in [9.17, 15) is 14.3 Å². The number of benzene rings is 1. The molecule has 2 aromatic rings. The Kier molecular flexibility index (Phi) is 5.03. The van der Waals surface area contributed by atoms with Crippen molar-refractivity contribution in [3.8, 4) is 0 Å². The van der Waals surface area contributed by atoms with E-state index in [1.165, 1.54) is 12.1 Å². The standard InChI is InChI=1S/C15H18FN3O2/c1-2-3-4-9-19-13(14(15(20)21)17-18-19)10-11-5-7-12(16)8-6-11/h5-8H,2-4,9-10H2,1H3,(H,20,21). The van der Waals surface area contributed by atoms with Gasteiger partial charge in [-0.25, -0.2) is 13.9 Å². The number of carboxylic acid groups (broad SMARTS) is 1. The molecule has 6 heteroatoms. The SMILES string of the molecule is CCCCCn1nnc(C(=O)O)c1Cc1ccc(F)cc1. The van der Waals surface area contributed by atoms with Crippen LogP contribution in [-0.4, -0.2) is 26.1 Å². The van der Waals surface area contributed by atoms with Gasteiger partial charge in [0.25, 0.3) is 0 Å². The Morgan fingerprint density at radius 1 is 1.29 bits per heavy atom. The molecule has 1 aromatic carbocycles. The summed E-state index contributed by atoms with van der Waals surface area (Å²) in [6.07, 6.45) is 3.43. The zero-order valence-electron chi connectivity index (χ0n) is 11.9. The summed E-state index contributed by atoms with van der Waals surface area (Å²) < 4.78 is 14.6. The first-order valence-corrected chi connectivity index (χ1v) is 7.02. The van der Waals surface area contributed by atoms with Gasteiger partial charge in [-0.15, -0.1) is 5.10 Å². The van der Waals surface area contributed by atoms with Gasteiger partial charge in [-0.1, -0.05) is 37.1 Å². The van der Waals surface area contributed by atoms with E-state index in [-0.39, 0.29) is 11.5 Å². The van der Waals surface area contributed by atoms with Gasteiger partial charge in [0.15, 0.2) is 5.69 Å². The zero-order chi connectivity index (χ0) is 15.2. The molecule has 1 N–H and O–H groups in total. The topological polar surface area (TPSA) is 68.0 Å². The molecule has 1 heterocycles. The van der Waals surface area contributed by atoms with Crippen LogP contribution < -0.4 is 0 Å². The highest BCUT2D eigenvalue weighted by Crippen LogP contribution is 2.14. The van der Waals surface area contributed by atoms with Crippen LogP contribution in [0.1, 0.15) is 47.9 Å². The molecule has 0 saturated carbocycles. The number of halogens is 1. The number of hydrogen-bond donors (Lipinski definition) is 1. The van der Waals surface area contributed by atoms with E-state index in [1.807, 2.05) is 0 Å². The van der Waals surface area contributed by atoms with E-state index >= 15 is 0 Å². The Morgan fingerprint density at radius 3 is 2.62 bits per heavy atom. The Balaban J connectivity index is 2.23. The van der Waals surface area contributed by atoms with Crippen LogP contribution in [0.3, 0.4) is 0 Å². The molecule has 112 valence electrons. The molecule has 21 heavy (non-hydrogen) atoms. The molecule has 0 bridgehead atoms. The Labute approximate surface area is 122 Å². The van der Waals surface area contributed by atoms with Crippen LogP contribution in [0.15, 0.2) is 24.3 Å². The molecule has 0 spiro atoms. The molecule has 0 aliphatic carbocycles. The first kappa shape index (κ1) is 15.2. The molecule has 0 saturated heterocycles. The molecule has 0 amide bonds. The maximum Gasteiger partial charge on any atom is 0.358 e. The minimum absolute atomic E-state index is 0.0316. The molecule has 1 aromatic heterocycles. The summed E-state index contributed by atoms with van der Waals surface area (Å²) in [4.78, 5) is 11.2. The van der Waals surface area contributed by atoms with Crippen LogP contribution in [-0.2, 0) is 13.0 Å². The highest BCUT2D eigenvalue weighted by molar-refractivity contribution is 5.86. The lowest BCUT2D eigenvalue weighted by atomic mass is 10.1. The number of aryl methyl sites for hydroxylation is 1. The lowest BCUT2D eigenvalue weighted by Crippen LogP contribution is -2.09. The van der Waals surface area contributed by atoms with Gasteiger partial charge in [-0.2, -0.15) is 0 Å². The molecule has 2 rings (SSSR count). The fourth-order valence-electron chi connectivity index (χ4n) is 2.16. The normalized spacial score (nSPS) is 10.8. The largest absolute Gasteiger partial charge is 0.476 e. The van der Waals surface area contributed by atoms with Gasteiger partial charge in [0.05, 0.1) is 5.69 Å². The van der Waals surface area contributed by atoms with Gasteiger partial charge in [-0.3, -0.25) is 0 Å². The summed E-state index contributed by atoms with van der Waals surface area (Å²) in [7, 11) is 0. The van der Waals surface area contributed by atoms with E-state index in [0.717, 1.165) is 24.8 Å². The number of unbranched alkanes of at least 4 members (excludes halogenated alkanes) is 2. The molecule has 0 aliphatic rings. The third kappa shape index (κ3) is 3.87. The number of carboxylic acids is 1. The number of aromatic carboxylic acids is 1. The van der Waals surface area contributed by atoms with Crippen molar-refractivity contribution in [3.63, 3.8) is 0 Å². The first-order chi connectivity index (χ1) is 10.1. The Morgan fingerprint density at radius 2 is 2.00 bits per heavy atom. The maximum absolute atomic E-state index is 12.9. The molecule has 5 nitrogen and oxygen atoms in total. The average Bonchev–Trinajstić information content (AvgIpc) is 2.85. The number of carbonyl (C=O) groups is 1. The van der Waals surface area contributed by atoms with E-state index in [0.29, 0.717) is 18.7 Å². The first-order valence-electron chi connectivity index (χ1n) is 7.02. The van der Waals surface area contributed by atoms with Crippen LogP contribution in [0.2, 0.25) is 0 Å². The molecular formula is C15H18FN3O2. The summed E-state index contributed by atoms with van der Waals surface area (Å²) in [5, 5.41) is 16.9. The zero-order valence-corrected chi connectivity index (χ0v) is 11.9. The summed E-state index contributed by atoms with van der Waals surface area (Å²) in [5.74, 6) is -1.40. The van der Waals surface area contributed by atoms with Gasteiger partial charge >= 0.3 is 5.97 Å². The van der Waals surface area contributed by atoms with Crippen LogP contribution in [0.4, 0.5) is 4.39 Å². The van der Waals surface area contributed by atoms with E-state index < -0.39 is 5.97 Å². The molecule has 0 radical (unpaired) electrons. The van der Waals surface area contributed by atoms with Crippen molar-refractivity contribution in [1.29, 1.82) is 0 Å². The number of rotatable bonds is 7. The second kappa shape index (κ2) is 6.97. The van der Waals surface area contributed by atoms with Gasteiger partial charge in [0.2, 0.25) is 0 Å². The number of aromatic nitrogens is 3. The second-order valence-corrected chi connectivity index (χ2v) is 4.92. The predicted molar refractivity (Wildman–Crippen MR) is 75.7 cm³/mol. The predicted octanol–water partition coefficient (Wildman–Crippen LogP) is 2.90. The lowest BCUT2D eigenvalue weighted by Gasteiger charge is -2.07. The van der Waals surface area contributed by atoms with Crippen LogP contribution in [0, 0.1) is 5.82 Å². The third-order valence-electron chi connectivity index (χ3n) is 3.30. The van der Waals surface area contributed by atoms with Crippen molar-refractivity contribution in [2.75, 3.05) is 0 Å². The van der Waals surface area contributed by atoms with Gasteiger partial charge in [0, 0.05) is 13.0 Å². The second-order valence-electron chi connectivity index (χ2n) is 4.92. The maximum atomic E-state index is 12.9. The molecule has 0 fully saturated rings. The van der Waals surface area contributed by atoms with E-state index in [2.05, 4.69) is 17.2 Å². The average molecular weight is 291 g/mol. The van der Waals surface area contributed by atoms with Gasteiger partial charge < -0.3 is 5.11 Å². The fraction of sp³-hybridized carbons (Fsp3) is 0.400. The van der Waals surface area contributed by atoms with Crippen LogP contribution in [0.5, 0.6) is 0 Å². The van der Waals surface area contributed by atoms with Gasteiger partial charge in [0.1, 0.15) is 5.82 Å². The summed E-state index contributed by atoms with van der Waals surface area (Å²) in [6.45, 7) is 2.74. The number of hydrogen-bond acceptors (Lipinski definition) is 3. The minimum Gasteiger partial charge on any atom is -0.476 e. The third-order valence-corrected chi connectivity index (χ3v) is 3.30. The monoisotopic (exact) mass is 291 g/mol. The highest BCUT2D eigenvalue weighted by atomic mass is 19.1. The molecule has 0 atom stereocenters. The van der Waals surface area contributed by atoms with Crippen LogP contribution in [0.25, 0.3) is 0 Å². The van der Waals surface area contributed by atoms with Crippen LogP contribution >= 0.6 is 0 Å². The van der Waals surface area contributed by atoms with Crippen molar-refractivity contribution < 1.29 is 14.3 Å². The molecule has 0 aliphatic heterocycles. The Hall–Kier alpha value is -2.24. The molecular weight excluding hydrogens is 273 g/mol. The van der Waals surface area contributed by atoms with E-state index in [4.69, 9.17) is 0 Å². The quantitative estimate of drug-likeness (QED) is 0.796. The van der Waals surface area contributed by atoms with Crippen molar-refractivity contribution in [2.24, 2.45) is 0 Å². The van der Waals surface area contributed by atoms with Gasteiger partial charge in [-0.05, 0) is 24.1 Å². The fourth-order valence-corrected chi connectivity index (χ4v) is 2.16. The smallest absolute Gasteiger partial charge is 0.358 e. The van der Waals surface area contributed by atoms with Crippen molar-refractivity contribution in [3.05, 3.63) is 47.0 Å². The Bertz CT molecular complexity index is 608. The summed E-state index contributed by atoms with van der Waals surface area (Å²) >= 11 is 0. The van der Waals surface area contributed by atoms with E-state index in [1.54, 1.807) is 16.8 Å². The summed E-state index contributed by atoms with van der Waals surface area (Å²) in [5.41, 5.74) is 1.36. The lowest BCUT2D eigenvalue weighted by molar-refractivity contribution is 0.0689. The van der Waals surface area contributed by atoms with Crippen molar-refractivity contribution >= 4 is 5.97 Å². The number of nitrogens with zero attached hydrogens (tertiary/aromatic N) is 3. The summed E-state index contributed by atoms with van der Waals surface area (Å²) in [6, 6.07) is 6.01.